The molecule has 0 saturated heterocycles. The van der Waals surface area contributed by atoms with Crippen LogP contribution in [0.15, 0.2) is 29.7 Å². The van der Waals surface area contributed by atoms with Crippen LogP contribution in [0.4, 0.5) is 0 Å². The van der Waals surface area contributed by atoms with Crippen molar-refractivity contribution in [1.29, 1.82) is 21.2 Å². The third-order valence-corrected chi connectivity index (χ3v) is 4.57. The first-order valence-electron chi connectivity index (χ1n) is 8.74. The van der Waals surface area contributed by atoms with Crippen LogP contribution in [0.25, 0.3) is 0 Å². The van der Waals surface area contributed by atoms with E-state index in [-0.39, 0.29) is 6.79 Å². The number of aliphatic hydroxyl groups is 1. The van der Waals surface area contributed by atoms with Gasteiger partial charge in [0.15, 0.2) is 17.4 Å². The summed E-state index contributed by atoms with van der Waals surface area (Å²) in [6, 6.07) is 9.72. The molecule has 0 aliphatic carbocycles. The standard InChI is InChI=1S/C20H16N4O6/c1-20(2)29-18(25)16(19(26)30-20)15(12(8-23)17(24)11(6-21)7-22)10-3-4-13-14(5-10)28-9-27-13/h3-5,11-12,15,24-25H,9H2,1-2H3/t12-,15-/m0/s1. The Balaban J connectivity index is 2.18. The average molecular weight is 408 g/mol. The highest BCUT2D eigenvalue weighted by Gasteiger charge is 2.45. The van der Waals surface area contributed by atoms with Crippen LogP contribution in [0.5, 0.6) is 11.5 Å². The van der Waals surface area contributed by atoms with Gasteiger partial charge in [-0.05, 0) is 17.7 Å². The number of esters is 1. The molecule has 3 rings (SSSR count). The van der Waals surface area contributed by atoms with E-state index in [1.54, 1.807) is 18.2 Å². The van der Waals surface area contributed by atoms with E-state index in [0.717, 1.165) is 0 Å². The number of ether oxygens (including phenoxy) is 4. The molecule has 10 heteroatoms. The maximum absolute atomic E-state index is 12.7. The molecule has 2 aliphatic rings. The van der Waals surface area contributed by atoms with E-state index in [4.69, 9.17) is 34.9 Å². The molecule has 2 N–H and O–H groups in total. The number of hydrogen-bond donors (Lipinski definition) is 2. The van der Waals surface area contributed by atoms with Crippen molar-refractivity contribution >= 4 is 11.7 Å². The van der Waals surface area contributed by atoms with Gasteiger partial charge in [0.25, 0.3) is 11.7 Å². The van der Waals surface area contributed by atoms with E-state index in [1.807, 2.05) is 6.07 Å². The van der Waals surface area contributed by atoms with E-state index in [2.05, 4.69) is 0 Å². The van der Waals surface area contributed by atoms with E-state index >= 15 is 0 Å². The van der Waals surface area contributed by atoms with Gasteiger partial charge in [0.05, 0.1) is 29.8 Å². The predicted octanol–water partition coefficient (Wildman–Crippen LogP) is 2.40. The van der Waals surface area contributed by atoms with Gasteiger partial charge in [-0.15, -0.1) is 0 Å². The Hall–Kier alpha value is -4.23. The fraction of sp³-hybridized carbons (Fsp3) is 0.350. The second kappa shape index (κ2) is 7.65. The summed E-state index contributed by atoms with van der Waals surface area (Å²) in [5.41, 5.74) is -0.630. The van der Waals surface area contributed by atoms with Gasteiger partial charge in [0.2, 0.25) is 6.79 Å². The molecular formula is C20H16N4O6. The summed E-state index contributed by atoms with van der Waals surface area (Å²) in [7, 11) is 0. The average Bonchev–Trinajstić information content (AvgIpc) is 3.14. The van der Waals surface area contributed by atoms with Gasteiger partial charge in [0.1, 0.15) is 5.57 Å². The van der Waals surface area contributed by atoms with Crippen LogP contribution in [-0.2, 0) is 14.3 Å². The van der Waals surface area contributed by atoms with Crippen molar-refractivity contribution in [3.05, 3.63) is 35.3 Å². The molecule has 2 aliphatic heterocycles. The maximum Gasteiger partial charge on any atom is 0.345 e. The highest BCUT2D eigenvalue weighted by Crippen LogP contribution is 2.43. The smallest absolute Gasteiger partial charge is 0.345 e. The first-order valence-corrected chi connectivity index (χ1v) is 8.74. The van der Waals surface area contributed by atoms with Crippen LogP contribution >= 0.6 is 0 Å². The SMILES string of the molecule is CC1(C)OC(=O)C([C@@H](c2ccc3c(c2)OCO3)[C@H](C#N)C(=N)C(C#N)C#N)=C(O)O1. The van der Waals surface area contributed by atoms with E-state index < -0.39 is 46.7 Å². The molecule has 0 bridgehead atoms. The van der Waals surface area contributed by atoms with Crippen molar-refractivity contribution in [3.63, 3.8) is 0 Å². The predicted molar refractivity (Wildman–Crippen MR) is 97.8 cm³/mol. The highest BCUT2D eigenvalue weighted by atomic mass is 16.8. The zero-order chi connectivity index (χ0) is 22.1. The Bertz CT molecular complexity index is 1060. The molecule has 0 aromatic heterocycles. The minimum absolute atomic E-state index is 0.0147. The summed E-state index contributed by atoms with van der Waals surface area (Å²) >= 11 is 0. The number of nitrogens with zero attached hydrogens (tertiary/aromatic N) is 3. The van der Waals surface area contributed by atoms with Gasteiger partial charge in [0, 0.05) is 19.8 Å². The molecule has 10 nitrogen and oxygen atoms in total. The molecule has 30 heavy (non-hydrogen) atoms. The molecule has 0 spiro atoms. The van der Waals surface area contributed by atoms with Crippen molar-refractivity contribution in [2.45, 2.75) is 25.6 Å². The van der Waals surface area contributed by atoms with Gasteiger partial charge in [-0.1, -0.05) is 6.07 Å². The number of benzene rings is 1. The fourth-order valence-corrected chi connectivity index (χ4v) is 3.24. The normalized spacial score (nSPS) is 18.3. The quantitative estimate of drug-likeness (QED) is 0.548. The van der Waals surface area contributed by atoms with Crippen molar-refractivity contribution in [2.24, 2.45) is 11.8 Å². The van der Waals surface area contributed by atoms with Gasteiger partial charge < -0.3 is 29.5 Å². The molecule has 0 unspecified atom stereocenters. The largest absolute Gasteiger partial charge is 0.480 e. The summed E-state index contributed by atoms with van der Waals surface area (Å²) in [4.78, 5) is 12.7. The van der Waals surface area contributed by atoms with Gasteiger partial charge in [-0.2, -0.15) is 15.8 Å². The van der Waals surface area contributed by atoms with Gasteiger partial charge >= 0.3 is 5.97 Å². The summed E-state index contributed by atoms with van der Waals surface area (Å²) < 4.78 is 21.1. The molecule has 0 amide bonds. The number of rotatable bonds is 5. The lowest BCUT2D eigenvalue weighted by Crippen LogP contribution is -2.40. The molecule has 2 heterocycles. The monoisotopic (exact) mass is 408 g/mol. The highest BCUT2D eigenvalue weighted by molar-refractivity contribution is 5.97. The lowest BCUT2D eigenvalue weighted by atomic mass is 9.76. The number of cyclic esters (lactones) is 1. The number of hydrogen-bond acceptors (Lipinski definition) is 10. The Kier molecular flexibility index (Phi) is 5.23. The van der Waals surface area contributed by atoms with Gasteiger partial charge in [-0.25, -0.2) is 4.79 Å². The number of nitrogens with one attached hydrogen (secondary N) is 1. The lowest BCUT2D eigenvalue weighted by Gasteiger charge is -2.34. The minimum Gasteiger partial charge on any atom is -0.480 e. The first kappa shape index (κ1) is 20.5. The molecule has 0 fully saturated rings. The molecule has 152 valence electrons. The number of fused-ring (bicyclic) bond motifs is 1. The van der Waals surface area contributed by atoms with E-state index in [9.17, 15) is 15.2 Å². The Morgan fingerprint density at radius 3 is 2.40 bits per heavy atom. The van der Waals surface area contributed by atoms with Crippen LogP contribution in [0.2, 0.25) is 0 Å². The Morgan fingerprint density at radius 2 is 1.80 bits per heavy atom. The minimum atomic E-state index is -1.52. The number of aliphatic hydroxyl groups excluding tert-OH is 1. The number of carbonyl (C=O) groups excluding carboxylic acids is 1. The second-order valence-corrected chi connectivity index (χ2v) is 6.95. The van der Waals surface area contributed by atoms with Crippen LogP contribution < -0.4 is 9.47 Å². The zero-order valence-corrected chi connectivity index (χ0v) is 16.0. The van der Waals surface area contributed by atoms with Crippen molar-refractivity contribution in [2.75, 3.05) is 6.79 Å². The summed E-state index contributed by atoms with van der Waals surface area (Å²) in [5, 5.41) is 46.9. The van der Waals surface area contributed by atoms with Crippen LogP contribution in [-0.4, -0.2) is 29.4 Å². The fourth-order valence-electron chi connectivity index (χ4n) is 3.24. The van der Waals surface area contributed by atoms with Crippen molar-refractivity contribution < 1.29 is 28.8 Å². The molecular weight excluding hydrogens is 392 g/mol. The van der Waals surface area contributed by atoms with Crippen LogP contribution in [0, 0.1) is 51.2 Å². The summed E-state index contributed by atoms with van der Waals surface area (Å²) in [6.45, 7) is 2.82. The first-order chi connectivity index (χ1) is 14.2. The topological polar surface area (TPSA) is 169 Å². The third kappa shape index (κ3) is 3.57. The molecule has 0 radical (unpaired) electrons. The van der Waals surface area contributed by atoms with Crippen molar-refractivity contribution in [1.82, 2.24) is 0 Å². The molecule has 1 aromatic carbocycles. The van der Waals surface area contributed by atoms with Crippen LogP contribution in [0.1, 0.15) is 25.3 Å². The number of carbonyl (C=O) groups is 1. The lowest BCUT2D eigenvalue weighted by molar-refractivity contribution is -0.222. The van der Waals surface area contributed by atoms with Gasteiger partial charge in [-0.3, -0.25) is 0 Å². The summed E-state index contributed by atoms with van der Waals surface area (Å²) in [5.74, 6) is -6.64. The van der Waals surface area contributed by atoms with E-state index in [0.29, 0.717) is 17.1 Å². The molecule has 1 aromatic rings. The maximum atomic E-state index is 12.7. The second-order valence-electron chi connectivity index (χ2n) is 6.95. The summed E-state index contributed by atoms with van der Waals surface area (Å²) in [6.07, 6.45) is 0. The van der Waals surface area contributed by atoms with Crippen molar-refractivity contribution in [3.8, 4) is 29.7 Å². The number of nitriles is 3. The van der Waals surface area contributed by atoms with E-state index in [1.165, 1.54) is 26.0 Å². The molecule has 2 atom stereocenters. The third-order valence-electron chi connectivity index (χ3n) is 4.57. The van der Waals surface area contributed by atoms with Crippen LogP contribution in [0.3, 0.4) is 0 Å². The zero-order valence-electron chi connectivity index (χ0n) is 16.0. The molecule has 0 saturated carbocycles. The Morgan fingerprint density at radius 1 is 1.13 bits per heavy atom. The Labute approximate surface area is 171 Å².